The first kappa shape index (κ1) is 20.0. The number of benzene rings is 5. The van der Waals surface area contributed by atoms with E-state index < -0.39 is 32.3 Å². The van der Waals surface area contributed by atoms with Gasteiger partial charge in [0.15, 0.2) is 5.58 Å². The van der Waals surface area contributed by atoms with Crippen LogP contribution < -0.4 is 4.74 Å². The quantitative estimate of drug-likeness (QED) is 0.190. The number of oxazole rings is 1. The fourth-order valence-electron chi connectivity index (χ4n) is 7.20. The molecular weight excluding hydrogens is 603 g/mol. The minimum atomic E-state index is -2.80. The van der Waals surface area contributed by atoms with E-state index >= 15 is 0 Å². The molecule has 0 fully saturated rings. The SMILES string of the molecule is [2H]C([2H])([2H])c1ccc(-c2c(C([2H])([2H])C)ccc3c2oc2nc4ccccc4n23)cc1-c1nc(-c2c(C([2H])([2H])[2H])ccc3c2Oc2ccccc2C3(C)C)ccc1C([2H])([2H])[2H]. The van der Waals surface area contributed by atoms with E-state index in [1.807, 2.05) is 60.7 Å². The number of ether oxygens (including phenoxy) is 1. The first-order valence-electron chi connectivity index (χ1n) is 21.5. The molecule has 0 atom stereocenters. The number of aryl methyl sites for hydroxylation is 4. The summed E-state index contributed by atoms with van der Waals surface area (Å²) in [5, 5.41) is 0. The van der Waals surface area contributed by atoms with Crippen LogP contribution in [0.5, 0.6) is 11.5 Å². The van der Waals surface area contributed by atoms with Gasteiger partial charge in [0.2, 0.25) is 0 Å². The Morgan fingerprint density at radius 2 is 1.55 bits per heavy atom. The lowest BCUT2D eigenvalue weighted by Crippen LogP contribution is -2.24. The maximum Gasteiger partial charge on any atom is 0.307 e. The Morgan fingerprint density at radius 1 is 0.755 bits per heavy atom. The molecule has 1 aliphatic heterocycles. The molecule has 4 heterocycles. The summed E-state index contributed by atoms with van der Waals surface area (Å²) in [5.41, 5.74) is 3.49. The minimum absolute atomic E-state index is 0.0601. The predicted octanol–water partition coefficient (Wildman–Crippen LogP) is 11.5. The second-order valence-electron chi connectivity index (χ2n) is 12.8. The van der Waals surface area contributed by atoms with Crippen molar-refractivity contribution in [2.75, 3.05) is 0 Å². The van der Waals surface area contributed by atoms with Crippen LogP contribution in [0.3, 0.4) is 0 Å². The summed E-state index contributed by atoms with van der Waals surface area (Å²) in [6.07, 6.45) is -1.92. The maximum atomic E-state index is 8.85. The first-order valence-corrected chi connectivity index (χ1v) is 16.0. The highest BCUT2D eigenvalue weighted by molar-refractivity contribution is 5.98. The first-order chi connectivity index (χ1) is 28.0. The summed E-state index contributed by atoms with van der Waals surface area (Å²) in [6.45, 7) is -2.83. The molecule has 240 valence electrons. The van der Waals surface area contributed by atoms with Gasteiger partial charge in [-0.3, -0.25) is 4.40 Å². The Morgan fingerprint density at radius 3 is 2.41 bits per heavy atom. The lowest BCUT2D eigenvalue weighted by Gasteiger charge is -2.35. The van der Waals surface area contributed by atoms with Crippen molar-refractivity contribution in [2.24, 2.45) is 0 Å². The molecule has 3 aromatic heterocycles. The third kappa shape index (κ3) is 4.31. The number of rotatable bonds is 4. The second-order valence-corrected chi connectivity index (χ2v) is 12.8. The number of aromatic nitrogens is 3. The van der Waals surface area contributed by atoms with Gasteiger partial charge in [0, 0.05) is 48.3 Å². The van der Waals surface area contributed by atoms with Crippen LogP contribution in [0, 0.1) is 20.6 Å². The molecule has 0 aliphatic carbocycles. The summed E-state index contributed by atoms with van der Waals surface area (Å²) in [5.74, 6) is 1.03. The van der Waals surface area contributed by atoms with Gasteiger partial charge in [-0.15, -0.1) is 0 Å². The highest BCUT2D eigenvalue weighted by Gasteiger charge is 2.36. The van der Waals surface area contributed by atoms with E-state index in [9.17, 15) is 0 Å². The molecule has 1 aliphatic rings. The van der Waals surface area contributed by atoms with Crippen molar-refractivity contribution in [1.82, 2.24) is 14.4 Å². The highest BCUT2D eigenvalue weighted by atomic mass is 16.5. The molecule has 5 nitrogen and oxygen atoms in total. The zero-order valence-corrected chi connectivity index (χ0v) is 27.0. The van der Waals surface area contributed by atoms with Gasteiger partial charge in [-0.05, 0) is 91.1 Å². The van der Waals surface area contributed by atoms with Crippen LogP contribution in [-0.4, -0.2) is 14.4 Å². The van der Waals surface area contributed by atoms with Gasteiger partial charge in [-0.25, -0.2) is 4.98 Å². The molecule has 0 N–H and O–H groups in total. The molecule has 8 aromatic rings. The zero-order valence-electron chi connectivity index (χ0n) is 38.0. The van der Waals surface area contributed by atoms with E-state index in [0.29, 0.717) is 33.5 Å². The third-order valence-corrected chi connectivity index (χ3v) is 9.69. The summed E-state index contributed by atoms with van der Waals surface area (Å²) in [6, 6.07) is 28.7. The van der Waals surface area contributed by atoms with E-state index in [4.69, 9.17) is 29.2 Å². The molecule has 0 saturated carbocycles. The zero-order chi connectivity index (χ0) is 42.9. The van der Waals surface area contributed by atoms with E-state index in [0.717, 1.165) is 11.1 Å². The topological polar surface area (TPSA) is 52.6 Å². The number of para-hydroxylation sites is 3. The Balaban J connectivity index is 1.35. The third-order valence-electron chi connectivity index (χ3n) is 9.69. The molecule has 0 saturated heterocycles. The normalized spacial score (nSPS) is 17.9. The standard InChI is InChI=1S/C44H37N3O2/c1-7-28-20-23-36-42(49-43-46-33-13-9-10-14-35(33)47(36)43)39(28)29-19-16-25(2)30(24-29)40-27(4)18-22-34(45-40)38-26(3)17-21-32-41(38)48-37-15-11-8-12-31(37)44(32,5)6/h8-24H,7H2,1-6H3/i2D3,3D3,4D3,7D2. The molecule has 9 rings (SSSR count). The van der Waals surface area contributed by atoms with Crippen molar-refractivity contribution < 1.29 is 24.2 Å². The molecule has 5 heteroatoms. The van der Waals surface area contributed by atoms with E-state index in [2.05, 4.69) is 4.98 Å². The largest absolute Gasteiger partial charge is 0.456 e. The van der Waals surface area contributed by atoms with Gasteiger partial charge in [0.1, 0.15) is 11.5 Å². The van der Waals surface area contributed by atoms with Crippen LogP contribution in [0.4, 0.5) is 0 Å². The van der Waals surface area contributed by atoms with E-state index in [-0.39, 0.29) is 61.9 Å². The smallest absolute Gasteiger partial charge is 0.307 e. The van der Waals surface area contributed by atoms with Gasteiger partial charge in [0.05, 0.1) is 27.9 Å². The average molecular weight is 651 g/mol. The molecule has 49 heavy (non-hydrogen) atoms. The van der Waals surface area contributed by atoms with Crippen LogP contribution >= 0.6 is 0 Å². The van der Waals surface area contributed by atoms with Crippen LogP contribution in [0.1, 0.15) is 69.2 Å². The van der Waals surface area contributed by atoms with Gasteiger partial charge < -0.3 is 9.15 Å². The lowest BCUT2D eigenvalue weighted by molar-refractivity contribution is 0.419. The van der Waals surface area contributed by atoms with Gasteiger partial charge >= 0.3 is 5.84 Å². The summed E-state index contributed by atoms with van der Waals surface area (Å²) in [4.78, 5) is 9.57. The molecule has 0 spiro atoms. The number of fused-ring (bicyclic) bond motifs is 7. The Labute approximate surface area is 301 Å². The van der Waals surface area contributed by atoms with Crippen LogP contribution in [0.2, 0.25) is 0 Å². The fraction of sp³-hybridized carbons (Fsp3) is 0.182. The Hall–Kier alpha value is -5.68. The van der Waals surface area contributed by atoms with Gasteiger partial charge in [-0.2, -0.15) is 4.98 Å². The van der Waals surface area contributed by atoms with Gasteiger partial charge in [0.25, 0.3) is 0 Å². The van der Waals surface area contributed by atoms with Gasteiger partial charge in [-0.1, -0.05) is 87.5 Å². The van der Waals surface area contributed by atoms with Crippen molar-refractivity contribution in [2.45, 2.75) is 53.1 Å². The maximum absolute atomic E-state index is 8.85. The Kier molecular flexibility index (Phi) is 4.35. The Bertz CT molecular complexity index is 3060. The molecule has 0 unspecified atom stereocenters. The van der Waals surface area contributed by atoms with Crippen molar-refractivity contribution in [3.05, 3.63) is 137 Å². The number of pyridine rings is 1. The van der Waals surface area contributed by atoms with Crippen LogP contribution in [-0.2, 0) is 11.8 Å². The fourth-order valence-corrected chi connectivity index (χ4v) is 7.20. The minimum Gasteiger partial charge on any atom is -0.456 e. The van der Waals surface area contributed by atoms with Crippen molar-refractivity contribution in [1.29, 1.82) is 0 Å². The molecule has 0 amide bonds. The van der Waals surface area contributed by atoms with Crippen molar-refractivity contribution >= 4 is 28.0 Å². The highest BCUT2D eigenvalue weighted by Crippen LogP contribution is 2.52. The van der Waals surface area contributed by atoms with E-state index in [1.54, 1.807) is 30.3 Å². The second kappa shape index (κ2) is 10.7. The van der Waals surface area contributed by atoms with E-state index in [1.165, 1.54) is 37.3 Å². The monoisotopic (exact) mass is 650 g/mol. The number of imidazole rings is 1. The molecule has 0 radical (unpaired) electrons. The van der Waals surface area contributed by atoms with Crippen LogP contribution in [0.25, 0.3) is 61.6 Å². The molecule has 0 bridgehead atoms. The number of nitrogens with zero attached hydrogens (tertiary/aromatic N) is 3. The lowest BCUT2D eigenvalue weighted by atomic mass is 9.74. The van der Waals surface area contributed by atoms with Crippen molar-refractivity contribution in [3.63, 3.8) is 0 Å². The predicted molar refractivity (Wildman–Crippen MR) is 199 cm³/mol. The number of hydrogen-bond acceptors (Lipinski definition) is 4. The number of hydrogen-bond donors (Lipinski definition) is 0. The van der Waals surface area contributed by atoms with Crippen molar-refractivity contribution in [3.8, 4) is 45.1 Å². The molecular formula is C44H37N3O2. The molecule has 5 aromatic carbocycles. The summed E-state index contributed by atoms with van der Waals surface area (Å²) < 4.78 is 110. The van der Waals surface area contributed by atoms with Crippen LogP contribution in [0.15, 0.2) is 108 Å². The average Bonchev–Trinajstić information content (AvgIpc) is 3.71. The summed E-state index contributed by atoms with van der Waals surface area (Å²) in [7, 11) is 0. The summed E-state index contributed by atoms with van der Waals surface area (Å²) >= 11 is 0.